The van der Waals surface area contributed by atoms with Gasteiger partial charge in [-0.2, -0.15) is 11.8 Å². The molecule has 5 nitrogen and oxygen atoms in total. The largest absolute Gasteiger partial charge is 0.492 e. The quantitative estimate of drug-likeness (QED) is 0.468. The number of rotatable bonds is 8. The maximum atomic E-state index is 13.0. The van der Waals surface area contributed by atoms with E-state index >= 15 is 0 Å². The molecule has 0 N–H and O–H groups in total. The lowest BCUT2D eigenvalue weighted by molar-refractivity contribution is -0.122. The van der Waals surface area contributed by atoms with Crippen LogP contribution in [0.2, 0.25) is 0 Å². The number of ether oxygens (including phenoxy) is 2. The van der Waals surface area contributed by atoms with Crippen molar-refractivity contribution in [2.75, 3.05) is 30.1 Å². The normalized spacial score (nSPS) is 15.9. The number of amides is 1. The van der Waals surface area contributed by atoms with Crippen molar-refractivity contribution in [3.8, 4) is 22.6 Å². The van der Waals surface area contributed by atoms with E-state index in [1.165, 1.54) is 0 Å². The molecule has 1 saturated heterocycles. The van der Waals surface area contributed by atoms with Gasteiger partial charge in [0.25, 0.3) is 5.91 Å². The molecule has 0 radical (unpaired) electrons. The number of carbonyl (C=O) groups is 1. The third-order valence-corrected chi connectivity index (χ3v) is 5.89. The van der Waals surface area contributed by atoms with Gasteiger partial charge in [-0.25, -0.2) is 0 Å². The molecule has 1 aromatic heterocycles. The molecule has 6 heteroatoms. The third kappa shape index (κ3) is 5.02. The van der Waals surface area contributed by atoms with Gasteiger partial charge >= 0.3 is 0 Å². The van der Waals surface area contributed by atoms with Crippen molar-refractivity contribution < 1.29 is 14.3 Å². The topological polar surface area (TPSA) is 51.7 Å². The highest BCUT2D eigenvalue weighted by Crippen LogP contribution is 2.30. The summed E-state index contributed by atoms with van der Waals surface area (Å²) in [5.41, 5.74) is 4.10. The van der Waals surface area contributed by atoms with Gasteiger partial charge in [-0.05, 0) is 72.3 Å². The molecule has 1 aliphatic rings. The molecule has 3 aromatic rings. The van der Waals surface area contributed by atoms with Gasteiger partial charge < -0.3 is 14.4 Å². The van der Waals surface area contributed by atoms with E-state index in [-0.39, 0.29) is 5.91 Å². The number of benzene rings is 2. The molecule has 2 aromatic carbocycles. The second kappa shape index (κ2) is 9.88. The molecule has 1 amide bonds. The van der Waals surface area contributed by atoms with Gasteiger partial charge in [-0.15, -0.1) is 0 Å². The number of thioether (sulfide) groups is 1. The molecule has 0 bridgehead atoms. The number of aryl methyl sites for hydroxylation is 1. The smallest absolute Gasteiger partial charge is 0.268 e. The van der Waals surface area contributed by atoms with Crippen LogP contribution in [0.5, 0.6) is 11.5 Å². The van der Waals surface area contributed by atoms with E-state index in [4.69, 9.17) is 9.47 Å². The predicted octanol–water partition coefficient (Wildman–Crippen LogP) is 4.98. The fraction of sp³-hybridized carbons (Fsp3) is 0.280. The van der Waals surface area contributed by atoms with E-state index in [9.17, 15) is 4.79 Å². The minimum absolute atomic E-state index is 0.00587. The maximum Gasteiger partial charge on any atom is 0.268 e. The Bertz CT molecular complexity index is 1020. The predicted molar refractivity (Wildman–Crippen MR) is 126 cm³/mol. The zero-order valence-electron chi connectivity index (χ0n) is 17.8. The van der Waals surface area contributed by atoms with Gasteiger partial charge in [0, 0.05) is 36.8 Å². The van der Waals surface area contributed by atoms with Crippen LogP contribution in [-0.4, -0.2) is 42.2 Å². The lowest BCUT2D eigenvalue weighted by Crippen LogP contribution is -2.32. The summed E-state index contributed by atoms with van der Waals surface area (Å²) < 4.78 is 11.8. The van der Waals surface area contributed by atoms with Crippen LogP contribution >= 0.6 is 11.8 Å². The number of aromatic nitrogens is 1. The molecule has 4 rings (SSSR count). The third-order valence-electron chi connectivity index (χ3n) is 5.32. The lowest BCUT2D eigenvalue weighted by atomic mass is 10.1. The fourth-order valence-corrected chi connectivity index (χ4v) is 3.90. The minimum atomic E-state index is -0.468. The number of pyridine rings is 1. The van der Waals surface area contributed by atoms with E-state index in [1.807, 2.05) is 61.5 Å². The van der Waals surface area contributed by atoms with Crippen LogP contribution in [-0.2, 0) is 4.79 Å². The molecule has 0 aliphatic carbocycles. The number of anilines is 1. The summed E-state index contributed by atoms with van der Waals surface area (Å²) in [6.07, 6.45) is 5.80. The second-order valence-corrected chi connectivity index (χ2v) is 8.42. The van der Waals surface area contributed by atoms with Crippen molar-refractivity contribution in [2.45, 2.75) is 19.4 Å². The molecule has 160 valence electrons. The Hall–Kier alpha value is -2.99. The van der Waals surface area contributed by atoms with Crippen molar-refractivity contribution in [1.82, 2.24) is 4.98 Å². The van der Waals surface area contributed by atoms with Crippen LogP contribution in [0, 0.1) is 6.92 Å². The van der Waals surface area contributed by atoms with E-state index in [1.54, 1.807) is 29.1 Å². The molecular weight excluding hydrogens is 408 g/mol. The van der Waals surface area contributed by atoms with Crippen LogP contribution in [0.4, 0.5) is 5.69 Å². The molecular formula is C25H26N2O3S. The first-order chi connectivity index (χ1) is 15.2. The fourth-order valence-electron chi connectivity index (χ4n) is 3.65. The van der Waals surface area contributed by atoms with Crippen LogP contribution in [0.15, 0.2) is 67.0 Å². The Morgan fingerprint density at radius 3 is 2.52 bits per heavy atom. The first-order valence-corrected chi connectivity index (χ1v) is 11.8. The molecule has 1 fully saturated rings. The van der Waals surface area contributed by atoms with Gasteiger partial charge in [0.15, 0.2) is 6.10 Å². The minimum Gasteiger partial charge on any atom is -0.492 e. The van der Waals surface area contributed by atoms with E-state index in [0.29, 0.717) is 25.3 Å². The standard InChI is InChI=1S/C25H26N2O3S/c1-18-17-21(5-8-23(18)29-15-16-31-2)27-14-11-24(25(27)28)30-22-6-3-19(4-7-22)20-9-12-26-13-10-20/h3-10,12-13,17,24H,11,14-16H2,1-2H3. The summed E-state index contributed by atoms with van der Waals surface area (Å²) in [5.74, 6) is 2.51. The van der Waals surface area contributed by atoms with Gasteiger partial charge in [0.1, 0.15) is 11.5 Å². The summed E-state index contributed by atoms with van der Waals surface area (Å²) in [6, 6.07) is 17.7. The van der Waals surface area contributed by atoms with Gasteiger partial charge in [-0.3, -0.25) is 9.78 Å². The molecule has 0 saturated carbocycles. The van der Waals surface area contributed by atoms with Crippen molar-refractivity contribution in [2.24, 2.45) is 0 Å². The van der Waals surface area contributed by atoms with Gasteiger partial charge in [0.2, 0.25) is 0 Å². The van der Waals surface area contributed by atoms with E-state index in [2.05, 4.69) is 11.2 Å². The van der Waals surface area contributed by atoms with Crippen LogP contribution < -0.4 is 14.4 Å². The number of hydrogen-bond donors (Lipinski definition) is 0. The first kappa shape index (κ1) is 21.2. The van der Waals surface area contributed by atoms with Crippen molar-refractivity contribution >= 4 is 23.4 Å². The Balaban J connectivity index is 1.39. The molecule has 31 heavy (non-hydrogen) atoms. The summed E-state index contributed by atoms with van der Waals surface area (Å²) in [7, 11) is 0. The Morgan fingerprint density at radius 2 is 1.81 bits per heavy atom. The summed E-state index contributed by atoms with van der Waals surface area (Å²) in [5, 5.41) is 0. The lowest BCUT2D eigenvalue weighted by Gasteiger charge is -2.19. The van der Waals surface area contributed by atoms with Gasteiger partial charge in [0.05, 0.1) is 6.61 Å². The zero-order valence-corrected chi connectivity index (χ0v) is 18.6. The van der Waals surface area contributed by atoms with Crippen molar-refractivity contribution in [3.63, 3.8) is 0 Å². The average molecular weight is 435 g/mol. The Kier molecular flexibility index (Phi) is 6.77. The zero-order chi connectivity index (χ0) is 21.6. The van der Waals surface area contributed by atoms with E-state index in [0.717, 1.165) is 33.9 Å². The monoisotopic (exact) mass is 434 g/mol. The summed E-state index contributed by atoms with van der Waals surface area (Å²) >= 11 is 1.76. The number of carbonyl (C=O) groups excluding carboxylic acids is 1. The average Bonchev–Trinajstić information content (AvgIpc) is 3.16. The maximum absolute atomic E-state index is 13.0. The molecule has 2 heterocycles. The second-order valence-electron chi connectivity index (χ2n) is 7.44. The van der Waals surface area contributed by atoms with Gasteiger partial charge in [-0.1, -0.05) is 12.1 Å². The highest BCUT2D eigenvalue weighted by atomic mass is 32.2. The first-order valence-electron chi connectivity index (χ1n) is 10.4. The van der Waals surface area contributed by atoms with Crippen LogP contribution in [0.3, 0.4) is 0 Å². The molecule has 1 aliphatic heterocycles. The molecule has 0 spiro atoms. The van der Waals surface area contributed by atoms with Crippen molar-refractivity contribution in [1.29, 1.82) is 0 Å². The Labute approximate surface area is 187 Å². The van der Waals surface area contributed by atoms with E-state index < -0.39 is 6.10 Å². The SMILES string of the molecule is CSCCOc1ccc(N2CCC(Oc3ccc(-c4ccncc4)cc3)C2=O)cc1C. The molecule has 1 atom stereocenters. The number of hydrogen-bond acceptors (Lipinski definition) is 5. The highest BCUT2D eigenvalue weighted by Gasteiger charge is 2.34. The Morgan fingerprint density at radius 1 is 1.06 bits per heavy atom. The number of nitrogens with zero attached hydrogens (tertiary/aromatic N) is 2. The summed E-state index contributed by atoms with van der Waals surface area (Å²) in [6.45, 7) is 3.33. The van der Waals surface area contributed by atoms with Crippen LogP contribution in [0.25, 0.3) is 11.1 Å². The van der Waals surface area contributed by atoms with Crippen LogP contribution in [0.1, 0.15) is 12.0 Å². The highest BCUT2D eigenvalue weighted by molar-refractivity contribution is 7.98. The molecule has 1 unspecified atom stereocenters. The summed E-state index contributed by atoms with van der Waals surface area (Å²) in [4.78, 5) is 18.8. The van der Waals surface area contributed by atoms with Crippen molar-refractivity contribution in [3.05, 3.63) is 72.6 Å².